The molecule has 3 rings (SSSR count). The quantitative estimate of drug-likeness (QED) is 0.250. The molecule has 0 aromatic carbocycles. The van der Waals surface area contributed by atoms with Crippen LogP contribution < -0.4 is 5.32 Å². The van der Waals surface area contributed by atoms with Crippen LogP contribution in [0.2, 0.25) is 0 Å². The molecule has 2 atom stereocenters. The third-order valence-electron chi connectivity index (χ3n) is 5.75. The molecule has 3 saturated heterocycles. The summed E-state index contributed by atoms with van der Waals surface area (Å²) in [6, 6.07) is 0.661. The van der Waals surface area contributed by atoms with Crippen molar-refractivity contribution in [1.82, 2.24) is 15.1 Å². The van der Waals surface area contributed by atoms with E-state index in [0.29, 0.717) is 12.1 Å². The summed E-state index contributed by atoms with van der Waals surface area (Å²) >= 11 is 0. The van der Waals surface area contributed by atoms with E-state index in [1.807, 2.05) is 7.05 Å². The Kier molecular flexibility index (Phi) is 10.6. The number of methoxy groups -OCH3 is 1. The van der Waals surface area contributed by atoms with E-state index in [-0.39, 0.29) is 30.1 Å². The zero-order chi connectivity index (χ0) is 18.2. The molecule has 3 aliphatic rings. The van der Waals surface area contributed by atoms with E-state index >= 15 is 0 Å². The van der Waals surface area contributed by atoms with Crippen LogP contribution in [-0.4, -0.2) is 101 Å². The highest BCUT2D eigenvalue weighted by atomic mass is 127. The summed E-state index contributed by atoms with van der Waals surface area (Å²) in [6.07, 6.45) is 6.34. The van der Waals surface area contributed by atoms with Gasteiger partial charge in [0.2, 0.25) is 0 Å². The maximum Gasteiger partial charge on any atom is 0.193 e. The molecule has 0 radical (unpaired) electrons. The van der Waals surface area contributed by atoms with Crippen LogP contribution in [0.4, 0.5) is 0 Å². The van der Waals surface area contributed by atoms with Gasteiger partial charge >= 0.3 is 0 Å². The fourth-order valence-electron chi connectivity index (χ4n) is 4.23. The van der Waals surface area contributed by atoms with Gasteiger partial charge < -0.3 is 24.4 Å². The molecule has 0 aliphatic carbocycles. The van der Waals surface area contributed by atoms with Crippen molar-refractivity contribution in [2.24, 2.45) is 4.99 Å². The first-order valence-electron chi connectivity index (χ1n) is 10.2. The summed E-state index contributed by atoms with van der Waals surface area (Å²) in [5.74, 6) is 0.995. The molecular formula is C19H37IN4O3. The van der Waals surface area contributed by atoms with Crippen molar-refractivity contribution in [3.63, 3.8) is 0 Å². The number of rotatable bonds is 7. The molecule has 0 aromatic heterocycles. The lowest BCUT2D eigenvalue weighted by atomic mass is 10.1. The Hall–Kier alpha value is -0.160. The maximum absolute atomic E-state index is 6.05. The number of nitrogens with zero attached hydrogens (tertiary/aromatic N) is 3. The van der Waals surface area contributed by atoms with Crippen LogP contribution in [0.3, 0.4) is 0 Å². The van der Waals surface area contributed by atoms with E-state index < -0.39 is 0 Å². The van der Waals surface area contributed by atoms with Crippen molar-refractivity contribution in [2.45, 2.75) is 50.4 Å². The van der Waals surface area contributed by atoms with E-state index in [9.17, 15) is 0 Å². The van der Waals surface area contributed by atoms with Gasteiger partial charge in [0.15, 0.2) is 5.96 Å². The molecule has 0 saturated carbocycles. The van der Waals surface area contributed by atoms with Gasteiger partial charge in [0.1, 0.15) is 0 Å². The molecule has 158 valence electrons. The van der Waals surface area contributed by atoms with Crippen LogP contribution in [0.25, 0.3) is 0 Å². The van der Waals surface area contributed by atoms with E-state index in [2.05, 4.69) is 20.1 Å². The molecule has 0 aromatic rings. The van der Waals surface area contributed by atoms with E-state index in [1.165, 1.54) is 19.4 Å². The second kappa shape index (κ2) is 12.4. The second-order valence-corrected chi connectivity index (χ2v) is 7.58. The van der Waals surface area contributed by atoms with Crippen LogP contribution in [-0.2, 0) is 14.2 Å². The van der Waals surface area contributed by atoms with E-state index in [1.54, 1.807) is 7.11 Å². The first kappa shape index (κ1) is 23.1. The van der Waals surface area contributed by atoms with Gasteiger partial charge in [0.05, 0.1) is 18.8 Å². The monoisotopic (exact) mass is 496 g/mol. The summed E-state index contributed by atoms with van der Waals surface area (Å²) in [5, 5.41) is 3.53. The lowest BCUT2D eigenvalue weighted by Crippen LogP contribution is -2.53. The van der Waals surface area contributed by atoms with Crippen LogP contribution in [0.15, 0.2) is 4.99 Å². The summed E-state index contributed by atoms with van der Waals surface area (Å²) in [4.78, 5) is 9.41. The van der Waals surface area contributed by atoms with Crippen LogP contribution in [0.5, 0.6) is 0 Å². The van der Waals surface area contributed by atoms with Crippen LogP contribution in [0, 0.1) is 0 Å². The molecule has 0 spiro atoms. The Morgan fingerprint density at radius 1 is 1.19 bits per heavy atom. The van der Waals surface area contributed by atoms with Crippen LogP contribution in [0.1, 0.15) is 32.1 Å². The molecule has 0 bridgehead atoms. The predicted octanol–water partition coefficient (Wildman–Crippen LogP) is 1.56. The molecule has 3 fully saturated rings. The highest BCUT2D eigenvalue weighted by Crippen LogP contribution is 2.22. The smallest absolute Gasteiger partial charge is 0.193 e. The minimum Gasteiger partial charge on any atom is -0.385 e. The number of halogens is 1. The molecule has 2 unspecified atom stereocenters. The fraction of sp³-hybridized carbons (Fsp3) is 0.947. The number of aliphatic imine (C=N–C) groups is 1. The van der Waals surface area contributed by atoms with Crippen molar-refractivity contribution < 1.29 is 14.2 Å². The zero-order valence-electron chi connectivity index (χ0n) is 16.9. The Bertz CT molecular complexity index is 447. The Morgan fingerprint density at radius 3 is 2.74 bits per heavy atom. The van der Waals surface area contributed by atoms with Gasteiger partial charge in [-0.1, -0.05) is 0 Å². The normalized spacial score (nSPS) is 27.3. The molecule has 27 heavy (non-hydrogen) atoms. The number of morpholine rings is 1. The van der Waals surface area contributed by atoms with Crippen molar-refractivity contribution in [3.05, 3.63) is 0 Å². The largest absolute Gasteiger partial charge is 0.385 e. The van der Waals surface area contributed by atoms with Gasteiger partial charge in [-0.05, 0) is 38.6 Å². The number of fused-ring (bicyclic) bond motifs is 1. The lowest BCUT2D eigenvalue weighted by molar-refractivity contribution is -0.0456. The summed E-state index contributed by atoms with van der Waals surface area (Å²) in [6.45, 7) is 7.56. The number of piperidine rings is 1. The second-order valence-electron chi connectivity index (χ2n) is 7.58. The SMILES string of the molecule is CN=C(NCC1CN2CCCC2CO1)N1CCC(OCCCOC)CC1.I. The average molecular weight is 496 g/mol. The van der Waals surface area contributed by atoms with Crippen molar-refractivity contribution in [3.8, 4) is 0 Å². The summed E-state index contributed by atoms with van der Waals surface area (Å²) in [7, 11) is 3.60. The van der Waals surface area contributed by atoms with Gasteiger partial charge in [0.25, 0.3) is 0 Å². The van der Waals surface area contributed by atoms with Gasteiger partial charge in [-0.2, -0.15) is 0 Å². The van der Waals surface area contributed by atoms with E-state index in [0.717, 1.165) is 71.2 Å². The molecule has 7 nitrogen and oxygen atoms in total. The lowest BCUT2D eigenvalue weighted by Gasteiger charge is -2.37. The number of guanidine groups is 1. The zero-order valence-corrected chi connectivity index (χ0v) is 19.2. The highest BCUT2D eigenvalue weighted by molar-refractivity contribution is 14.0. The van der Waals surface area contributed by atoms with Crippen molar-refractivity contribution in [1.29, 1.82) is 0 Å². The van der Waals surface area contributed by atoms with E-state index in [4.69, 9.17) is 14.2 Å². The van der Waals surface area contributed by atoms with Gasteiger partial charge in [0, 0.05) is 59.6 Å². The summed E-state index contributed by atoms with van der Waals surface area (Å²) < 4.78 is 17.1. The maximum atomic E-state index is 6.05. The Labute approximate surface area is 181 Å². The highest BCUT2D eigenvalue weighted by Gasteiger charge is 2.32. The number of ether oxygens (including phenoxy) is 3. The third-order valence-corrected chi connectivity index (χ3v) is 5.75. The topological polar surface area (TPSA) is 58.6 Å². The standard InChI is InChI=1S/C19H36N4O3.HI/c1-20-19(21-13-18-14-23-8-3-5-16(23)15-26-18)22-9-6-17(7-10-22)25-12-4-11-24-2;/h16-18H,3-15H2,1-2H3,(H,20,21);1H. The number of hydrogen-bond acceptors (Lipinski definition) is 5. The van der Waals surface area contributed by atoms with Gasteiger partial charge in [-0.15, -0.1) is 24.0 Å². The predicted molar refractivity (Wildman–Crippen MR) is 118 cm³/mol. The Morgan fingerprint density at radius 2 is 2.00 bits per heavy atom. The molecular weight excluding hydrogens is 459 g/mol. The molecule has 0 amide bonds. The fourth-order valence-corrected chi connectivity index (χ4v) is 4.23. The van der Waals surface area contributed by atoms with Crippen molar-refractivity contribution >= 4 is 29.9 Å². The molecule has 1 N–H and O–H groups in total. The van der Waals surface area contributed by atoms with Crippen molar-refractivity contribution in [2.75, 3.05) is 66.7 Å². The first-order valence-corrected chi connectivity index (χ1v) is 10.2. The third kappa shape index (κ3) is 6.99. The average Bonchev–Trinajstić information content (AvgIpc) is 3.14. The minimum absolute atomic E-state index is 0. The Balaban J connectivity index is 0.00000261. The minimum atomic E-state index is 0. The van der Waals surface area contributed by atoms with Gasteiger partial charge in [-0.3, -0.25) is 9.89 Å². The molecule has 3 aliphatic heterocycles. The van der Waals surface area contributed by atoms with Gasteiger partial charge in [-0.25, -0.2) is 0 Å². The van der Waals surface area contributed by atoms with Crippen LogP contribution >= 0.6 is 24.0 Å². The molecule has 8 heteroatoms. The number of nitrogens with one attached hydrogen (secondary N) is 1. The summed E-state index contributed by atoms with van der Waals surface area (Å²) in [5.41, 5.74) is 0. The first-order chi connectivity index (χ1) is 12.8. The number of likely N-dealkylation sites (tertiary alicyclic amines) is 1. The number of hydrogen-bond donors (Lipinski definition) is 1. The molecule has 3 heterocycles.